The topological polar surface area (TPSA) is 42.3 Å². The molecular formula is C12H7FN2O. The van der Waals surface area contributed by atoms with Gasteiger partial charge in [-0.15, -0.1) is 0 Å². The van der Waals surface area contributed by atoms with Gasteiger partial charge in [0.2, 0.25) is 6.08 Å². The van der Waals surface area contributed by atoms with E-state index in [-0.39, 0.29) is 0 Å². The Morgan fingerprint density at radius 1 is 1.19 bits per heavy atom. The molecule has 0 spiro atoms. The Labute approximate surface area is 91.3 Å². The van der Waals surface area contributed by atoms with E-state index in [1.54, 1.807) is 30.3 Å². The number of halogens is 1. The summed E-state index contributed by atoms with van der Waals surface area (Å²) in [5, 5.41) is 0. The minimum atomic E-state index is -0.399. The largest absolute Gasteiger partial charge is 0.254 e. The normalized spacial score (nSPS) is 9.56. The van der Waals surface area contributed by atoms with E-state index in [2.05, 4.69) is 9.98 Å². The van der Waals surface area contributed by atoms with Crippen LogP contribution in [0.2, 0.25) is 0 Å². The fraction of sp³-hybridized carbons (Fsp3) is 0. The molecule has 78 valence electrons. The number of rotatable bonds is 2. The van der Waals surface area contributed by atoms with Crippen LogP contribution in [0.1, 0.15) is 0 Å². The fourth-order valence-electron chi connectivity index (χ4n) is 1.40. The first-order valence-electron chi connectivity index (χ1n) is 4.60. The molecular weight excluding hydrogens is 207 g/mol. The summed E-state index contributed by atoms with van der Waals surface area (Å²) in [6.07, 6.45) is 2.95. The smallest absolute Gasteiger partial charge is 0.240 e. The molecule has 0 unspecified atom stereocenters. The summed E-state index contributed by atoms with van der Waals surface area (Å²) in [6.45, 7) is 0. The molecule has 0 radical (unpaired) electrons. The number of benzene rings is 1. The van der Waals surface area contributed by atoms with Gasteiger partial charge in [-0.25, -0.2) is 9.18 Å². The number of aliphatic imine (C=N–C) groups is 1. The van der Waals surface area contributed by atoms with Crippen LogP contribution in [0.25, 0.3) is 11.3 Å². The predicted octanol–water partition coefficient (Wildman–Crippen LogP) is 2.86. The van der Waals surface area contributed by atoms with E-state index in [4.69, 9.17) is 0 Å². The monoisotopic (exact) mass is 214 g/mol. The quantitative estimate of drug-likeness (QED) is 0.569. The van der Waals surface area contributed by atoms with Crippen molar-refractivity contribution >= 4 is 11.8 Å². The molecule has 0 fully saturated rings. The lowest BCUT2D eigenvalue weighted by Gasteiger charge is -2.03. The van der Waals surface area contributed by atoms with Crippen LogP contribution in [-0.4, -0.2) is 11.1 Å². The molecule has 2 aromatic rings. The van der Waals surface area contributed by atoms with E-state index in [0.717, 1.165) is 0 Å². The summed E-state index contributed by atoms with van der Waals surface area (Å²) in [5.41, 5.74) is 0.962. The van der Waals surface area contributed by atoms with Crippen molar-refractivity contribution in [1.82, 2.24) is 4.98 Å². The van der Waals surface area contributed by atoms with E-state index in [9.17, 15) is 9.18 Å². The summed E-state index contributed by atoms with van der Waals surface area (Å²) >= 11 is 0. The molecule has 0 atom stereocenters. The third-order valence-electron chi connectivity index (χ3n) is 2.08. The molecule has 0 aliphatic heterocycles. The van der Waals surface area contributed by atoms with Crippen LogP contribution in [-0.2, 0) is 4.79 Å². The lowest BCUT2D eigenvalue weighted by molar-refractivity contribution is 0.565. The number of carbonyl (C=O) groups excluding carboxylic acids is 1. The number of pyridine rings is 1. The lowest BCUT2D eigenvalue weighted by Crippen LogP contribution is -1.87. The van der Waals surface area contributed by atoms with E-state index < -0.39 is 5.82 Å². The van der Waals surface area contributed by atoms with Crippen molar-refractivity contribution in [2.24, 2.45) is 4.99 Å². The molecule has 0 amide bonds. The molecule has 3 nitrogen and oxygen atoms in total. The first-order chi connectivity index (χ1) is 7.83. The highest BCUT2D eigenvalue weighted by atomic mass is 19.1. The number of isocyanates is 1. The van der Waals surface area contributed by atoms with Crippen molar-refractivity contribution in [2.75, 3.05) is 0 Å². The van der Waals surface area contributed by atoms with Crippen LogP contribution in [0, 0.1) is 5.82 Å². The van der Waals surface area contributed by atoms with Crippen LogP contribution in [0.4, 0.5) is 10.1 Å². The number of aromatic nitrogens is 1. The van der Waals surface area contributed by atoms with Crippen molar-refractivity contribution < 1.29 is 9.18 Å². The second-order valence-electron chi connectivity index (χ2n) is 3.05. The average Bonchev–Trinajstić information content (AvgIpc) is 2.31. The highest BCUT2D eigenvalue weighted by Crippen LogP contribution is 2.28. The van der Waals surface area contributed by atoms with Crippen molar-refractivity contribution in [2.45, 2.75) is 0 Å². The third-order valence-corrected chi connectivity index (χ3v) is 2.08. The van der Waals surface area contributed by atoms with Crippen molar-refractivity contribution in [3.63, 3.8) is 0 Å². The predicted molar refractivity (Wildman–Crippen MR) is 57.4 cm³/mol. The van der Waals surface area contributed by atoms with E-state index in [1.165, 1.54) is 18.3 Å². The minimum Gasteiger partial charge on any atom is -0.254 e. The second kappa shape index (κ2) is 4.47. The second-order valence-corrected chi connectivity index (χ2v) is 3.05. The zero-order chi connectivity index (χ0) is 11.4. The molecule has 0 saturated heterocycles. The molecule has 0 aliphatic rings. The molecule has 2 rings (SSSR count). The molecule has 1 aromatic carbocycles. The third kappa shape index (κ3) is 1.87. The van der Waals surface area contributed by atoms with Crippen LogP contribution in [0.15, 0.2) is 47.6 Å². The summed E-state index contributed by atoms with van der Waals surface area (Å²) in [7, 11) is 0. The standard InChI is InChI=1S/C12H7FN2O/c13-10-5-2-1-4-9(10)12-11(15-8-16)6-3-7-14-12/h1-7H. The number of hydrogen-bond acceptors (Lipinski definition) is 3. The van der Waals surface area contributed by atoms with Gasteiger partial charge in [0.15, 0.2) is 0 Å². The summed E-state index contributed by atoms with van der Waals surface area (Å²) in [6, 6.07) is 9.41. The highest BCUT2D eigenvalue weighted by Gasteiger charge is 2.09. The average molecular weight is 214 g/mol. The van der Waals surface area contributed by atoms with E-state index in [0.29, 0.717) is 16.9 Å². The maximum Gasteiger partial charge on any atom is 0.240 e. The van der Waals surface area contributed by atoms with Gasteiger partial charge < -0.3 is 0 Å². The molecule has 16 heavy (non-hydrogen) atoms. The first-order valence-corrected chi connectivity index (χ1v) is 4.60. The molecule has 4 heteroatoms. The Bertz CT molecular complexity index is 562. The van der Waals surface area contributed by atoms with Crippen molar-refractivity contribution in [1.29, 1.82) is 0 Å². The van der Waals surface area contributed by atoms with Gasteiger partial charge >= 0.3 is 0 Å². The molecule has 0 aliphatic carbocycles. The maximum absolute atomic E-state index is 13.5. The van der Waals surface area contributed by atoms with Crippen LogP contribution in [0.3, 0.4) is 0 Å². The van der Waals surface area contributed by atoms with Gasteiger partial charge in [-0.2, -0.15) is 4.99 Å². The Balaban J connectivity index is 2.64. The van der Waals surface area contributed by atoms with Gasteiger partial charge in [0, 0.05) is 11.8 Å². The van der Waals surface area contributed by atoms with Gasteiger partial charge in [0.25, 0.3) is 0 Å². The van der Waals surface area contributed by atoms with Crippen LogP contribution in [0.5, 0.6) is 0 Å². The Morgan fingerprint density at radius 2 is 2.00 bits per heavy atom. The van der Waals surface area contributed by atoms with Crippen molar-refractivity contribution in [3.8, 4) is 11.3 Å². The first kappa shape index (κ1) is 10.2. The minimum absolute atomic E-state index is 0.308. The Kier molecular flexibility index (Phi) is 2.85. The zero-order valence-electron chi connectivity index (χ0n) is 8.22. The SMILES string of the molecule is O=C=Nc1cccnc1-c1ccccc1F. The number of hydrogen-bond donors (Lipinski definition) is 0. The van der Waals surface area contributed by atoms with Crippen molar-refractivity contribution in [3.05, 3.63) is 48.4 Å². The van der Waals surface area contributed by atoms with E-state index in [1.807, 2.05) is 0 Å². The van der Waals surface area contributed by atoms with Crippen LogP contribution >= 0.6 is 0 Å². The summed E-state index contributed by atoms with van der Waals surface area (Å²) in [5.74, 6) is -0.399. The van der Waals surface area contributed by atoms with Crippen LogP contribution < -0.4 is 0 Å². The van der Waals surface area contributed by atoms with E-state index >= 15 is 0 Å². The highest BCUT2D eigenvalue weighted by molar-refractivity contribution is 5.73. The molecule has 0 bridgehead atoms. The molecule has 1 heterocycles. The number of nitrogens with zero attached hydrogens (tertiary/aromatic N) is 2. The Hall–Kier alpha value is -2.32. The van der Waals surface area contributed by atoms with Gasteiger partial charge in [-0.3, -0.25) is 4.98 Å². The molecule has 1 aromatic heterocycles. The summed E-state index contributed by atoms with van der Waals surface area (Å²) in [4.78, 5) is 17.7. The fourth-order valence-corrected chi connectivity index (χ4v) is 1.40. The van der Waals surface area contributed by atoms with Gasteiger partial charge in [-0.05, 0) is 24.3 Å². The molecule has 0 saturated carbocycles. The zero-order valence-corrected chi connectivity index (χ0v) is 8.22. The van der Waals surface area contributed by atoms with Gasteiger partial charge in [0.05, 0.1) is 5.69 Å². The molecule has 0 N–H and O–H groups in total. The Morgan fingerprint density at radius 3 is 2.75 bits per heavy atom. The summed E-state index contributed by atoms with van der Waals surface area (Å²) < 4.78 is 13.5. The lowest BCUT2D eigenvalue weighted by atomic mass is 10.1. The maximum atomic E-state index is 13.5. The van der Waals surface area contributed by atoms with Gasteiger partial charge in [0.1, 0.15) is 11.5 Å². The van der Waals surface area contributed by atoms with Gasteiger partial charge in [-0.1, -0.05) is 12.1 Å².